The van der Waals surface area contributed by atoms with Gasteiger partial charge >= 0.3 is 5.97 Å². The van der Waals surface area contributed by atoms with Crippen molar-refractivity contribution in [3.63, 3.8) is 0 Å². The van der Waals surface area contributed by atoms with E-state index in [1.807, 2.05) is 24.3 Å². The lowest BCUT2D eigenvalue weighted by Crippen LogP contribution is -2.42. The average Bonchev–Trinajstić information content (AvgIpc) is 3.04. The summed E-state index contributed by atoms with van der Waals surface area (Å²) in [6.07, 6.45) is 1.72. The third-order valence-electron chi connectivity index (χ3n) is 4.06. The van der Waals surface area contributed by atoms with Crippen LogP contribution in [-0.4, -0.2) is 37.6 Å². The molecule has 1 atom stereocenters. The van der Waals surface area contributed by atoms with Gasteiger partial charge in [-0.3, -0.25) is 4.79 Å². The molecule has 7 nitrogen and oxygen atoms in total. The summed E-state index contributed by atoms with van der Waals surface area (Å²) in [7, 11) is -2.51. The summed E-state index contributed by atoms with van der Waals surface area (Å²) in [5.41, 5.74) is 1.59. The van der Waals surface area contributed by atoms with E-state index in [0.29, 0.717) is 5.75 Å². The van der Waals surface area contributed by atoms with E-state index in [1.165, 1.54) is 31.4 Å². The average molecular weight is 374 g/mol. The van der Waals surface area contributed by atoms with Gasteiger partial charge in [0.25, 0.3) is 0 Å². The van der Waals surface area contributed by atoms with Crippen LogP contribution in [0.3, 0.4) is 0 Å². The molecule has 26 heavy (non-hydrogen) atoms. The Morgan fingerprint density at radius 3 is 2.54 bits per heavy atom. The SMILES string of the molecule is COc1ccc(S(=O)(=O)N[C@H](Cc2c[nH]c3ccccc23)C(=O)O)cc1. The van der Waals surface area contributed by atoms with Gasteiger partial charge in [0.2, 0.25) is 10.0 Å². The molecule has 0 bridgehead atoms. The number of hydrogen-bond donors (Lipinski definition) is 3. The van der Waals surface area contributed by atoms with Gasteiger partial charge < -0.3 is 14.8 Å². The molecule has 0 spiro atoms. The number of para-hydroxylation sites is 1. The van der Waals surface area contributed by atoms with Crippen LogP contribution in [0.4, 0.5) is 0 Å². The fraction of sp³-hybridized carbons (Fsp3) is 0.167. The van der Waals surface area contributed by atoms with Crippen molar-refractivity contribution in [2.45, 2.75) is 17.4 Å². The first-order valence-electron chi connectivity index (χ1n) is 7.85. The Morgan fingerprint density at radius 1 is 1.19 bits per heavy atom. The molecule has 1 aromatic heterocycles. The molecule has 3 aromatic rings. The first-order chi connectivity index (χ1) is 12.4. The molecule has 8 heteroatoms. The van der Waals surface area contributed by atoms with Gasteiger partial charge in [-0.1, -0.05) is 18.2 Å². The van der Waals surface area contributed by atoms with Crippen molar-refractivity contribution in [3.05, 3.63) is 60.3 Å². The summed E-state index contributed by atoms with van der Waals surface area (Å²) in [6.45, 7) is 0. The number of carboxylic acid groups (broad SMARTS) is 1. The first-order valence-corrected chi connectivity index (χ1v) is 9.33. The number of nitrogens with one attached hydrogen (secondary N) is 2. The third-order valence-corrected chi connectivity index (χ3v) is 5.55. The van der Waals surface area contributed by atoms with Gasteiger partial charge in [0.15, 0.2) is 0 Å². The molecular formula is C18H18N2O5S. The lowest BCUT2D eigenvalue weighted by atomic mass is 10.1. The van der Waals surface area contributed by atoms with Gasteiger partial charge in [0.1, 0.15) is 11.8 Å². The maximum Gasteiger partial charge on any atom is 0.322 e. The highest BCUT2D eigenvalue weighted by molar-refractivity contribution is 7.89. The number of rotatable bonds is 7. The van der Waals surface area contributed by atoms with E-state index in [-0.39, 0.29) is 11.3 Å². The number of carboxylic acids is 1. The van der Waals surface area contributed by atoms with Gasteiger partial charge in [0.05, 0.1) is 12.0 Å². The molecule has 0 fully saturated rings. The number of sulfonamides is 1. The highest BCUT2D eigenvalue weighted by Crippen LogP contribution is 2.20. The number of aromatic amines is 1. The zero-order valence-corrected chi connectivity index (χ0v) is 14.8. The van der Waals surface area contributed by atoms with Crippen molar-refractivity contribution in [2.24, 2.45) is 0 Å². The van der Waals surface area contributed by atoms with Crippen LogP contribution in [0.25, 0.3) is 10.9 Å². The highest BCUT2D eigenvalue weighted by atomic mass is 32.2. The lowest BCUT2D eigenvalue weighted by molar-refractivity contribution is -0.138. The molecule has 0 aliphatic carbocycles. The van der Waals surface area contributed by atoms with Crippen molar-refractivity contribution in [3.8, 4) is 5.75 Å². The number of aliphatic carboxylic acids is 1. The van der Waals surface area contributed by atoms with Gasteiger partial charge in [0, 0.05) is 23.5 Å². The molecule has 0 radical (unpaired) electrons. The van der Waals surface area contributed by atoms with Crippen LogP contribution in [0.2, 0.25) is 0 Å². The van der Waals surface area contributed by atoms with Gasteiger partial charge in [-0.2, -0.15) is 4.72 Å². The Hall–Kier alpha value is -2.84. The number of methoxy groups -OCH3 is 1. The second-order valence-corrected chi connectivity index (χ2v) is 7.47. The minimum absolute atomic E-state index is 0.0226. The number of fused-ring (bicyclic) bond motifs is 1. The van der Waals surface area contributed by atoms with E-state index in [0.717, 1.165) is 16.5 Å². The topological polar surface area (TPSA) is 108 Å². The molecule has 136 valence electrons. The smallest absolute Gasteiger partial charge is 0.322 e. The van der Waals surface area contributed by atoms with Gasteiger partial charge in [-0.25, -0.2) is 8.42 Å². The fourth-order valence-corrected chi connectivity index (χ4v) is 3.90. The van der Waals surface area contributed by atoms with E-state index < -0.39 is 22.0 Å². The predicted octanol–water partition coefficient (Wildman–Crippen LogP) is 2.15. The van der Waals surface area contributed by atoms with E-state index >= 15 is 0 Å². The number of H-pyrrole nitrogens is 1. The molecule has 1 heterocycles. The monoisotopic (exact) mass is 374 g/mol. The van der Waals surface area contributed by atoms with Crippen molar-refractivity contribution < 1.29 is 23.1 Å². The minimum atomic E-state index is -3.98. The first kappa shape index (κ1) is 18.0. The Morgan fingerprint density at radius 2 is 1.88 bits per heavy atom. The van der Waals surface area contributed by atoms with Crippen molar-refractivity contribution in [2.75, 3.05) is 7.11 Å². The summed E-state index contributed by atoms with van der Waals surface area (Å²) < 4.78 is 32.3. The molecular weight excluding hydrogens is 356 g/mol. The van der Waals surface area contributed by atoms with Gasteiger partial charge in [-0.15, -0.1) is 0 Å². The molecule has 2 aromatic carbocycles. The quantitative estimate of drug-likeness (QED) is 0.587. The van der Waals surface area contributed by atoms with E-state index in [9.17, 15) is 18.3 Å². The third kappa shape index (κ3) is 3.71. The second-order valence-electron chi connectivity index (χ2n) is 5.75. The number of hydrogen-bond acceptors (Lipinski definition) is 4. The minimum Gasteiger partial charge on any atom is -0.497 e. The highest BCUT2D eigenvalue weighted by Gasteiger charge is 2.26. The molecule has 0 saturated carbocycles. The Kier molecular flexibility index (Phi) is 4.97. The lowest BCUT2D eigenvalue weighted by Gasteiger charge is -2.15. The van der Waals surface area contributed by atoms with Crippen LogP contribution >= 0.6 is 0 Å². The largest absolute Gasteiger partial charge is 0.497 e. The van der Waals surface area contributed by atoms with Crippen LogP contribution in [0, 0.1) is 0 Å². The number of benzene rings is 2. The molecule has 0 amide bonds. The molecule has 0 aliphatic heterocycles. The van der Waals surface area contributed by atoms with E-state index in [1.54, 1.807) is 6.20 Å². The predicted molar refractivity (Wildman–Crippen MR) is 96.7 cm³/mol. The van der Waals surface area contributed by atoms with Crippen LogP contribution in [0.5, 0.6) is 5.75 Å². The zero-order chi connectivity index (χ0) is 18.7. The standard InChI is InChI=1S/C18H18N2O5S/c1-25-13-6-8-14(9-7-13)26(23,24)20-17(18(21)22)10-12-11-19-16-5-3-2-4-15(12)16/h2-9,11,17,19-20H,10H2,1H3,(H,21,22)/t17-/m1/s1. The Labute approximate surface area is 150 Å². The maximum atomic E-state index is 12.5. The number of aromatic nitrogens is 1. The summed E-state index contributed by atoms with van der Waals surface area (Å²) >= 11 is 0. The second kappa shape index (κ2) is 7.19. The number of carbonyl (C=O) groups is 1. The molecule has 0 unspecified atom stereocenters. The van der Waals surface area contributed by atoms with Crippen LogP contribution < -0.4 is 9.46 Å². The summed E-state index contributed by atoms with van der Waals surface area (Å²) in [4.78, 5) is 14.6. The Balaban J connectivity index is 1.84. The fourth-order valence-electron chi connectivity index (χ4n) is 2.71. The van der Waals surface area contributed by atoms with Crippen molar-refractivity contribution >= 4 is 26.9 Å². The zero-order valence-electron chi connectivity index (χ0n) is 14.0. The van der Waals surface area contributed by atoms with Crippen molar-refractivity contribution in [1.29, 1.82) is 0 Å². The summed E-state index contributed by atoms with van der Waals surface area (Å²) in [5.74, 6) is -0.732. The van der Waals surface area contributed by atoms with Crippen LogP contribution in [0.1, 0.15) is 5.56 Å². The molecule has 3 rings (SSSR count). The van der Waals surface area contributed by atoms with Crippen LogP contribution in [-0.2, 0) is 21.2 Å². The normalized spacial score (nSPS) is 12.8. The van der Waals surface area contributed by atoms with Gasteiger partial charge in [-0.05, 0) is 35.9 Å². The Bertz CT molecular complexity index is 1030. The summed E-state index contributed by atoms with van der Waals surface area (Å²) in [6, 6.07) is 11.9. The molecule has 3 N–H and O–H groups in total. The van der Waals surface area contributed by atoms with E-state index in [4.69, 9.17) is 4.74 Å². The van der Waals surface area contributed by atoms with Crippen LogP contribution in [0.15, 0.2) is 59.6 Å². The van der Waals surface area contributed by atoms with E-state index in [2.05, 4.69) is 9.71 Å². The number of ether oxygens (including phenoxy) is 1. The summed E-state index contributed by atoms with van der Waals surface area (Å²) in [5, 5.41) is 10.3. The molecule has 0 aliphatic rings. The van der Waals surface area contributed by atoms with Crippen molar-refractivity contribution in [1.82, 2.24) is 9.71 Å². The maximum absolute atomic E-state index is 12.5. The molecule has 0 saturated heterocycles.